The third-order valence-electron chi connectivity index (χ3n) is 6.88. The van der Waals surface area contributed by atoms with Gasteiger partial charge in [-0.1, -0.05) is 62.4 Å². The summed E-state index contributed by atoms with van der Waals surface area (Å²) in [7, 11) is 2.57. The molecular formula is C37H36N8O8Y2-4. The number of methoxy groups -OCH3 is 2. The van der Waals surface area contributed by atoms with E-state index in [-0.39, 0.29) is 65.4 Å². The molecule has 16 nitrogen and oxygen atoms in total. The van der Waals surface area contributed by atoms with E-state index in [4.69, 9.17) is 0 Å². The van der Waals surface area contributed by atoms with Crippen LogP contribution in [-0.4, -0.2) is 58.1 Å². The minimum absolute atomic E-state index is 0. The molecule has 0 saturated heterocycles. The van der Waals surface area contributed by atoms with Crippen molar-refractivity contribution >= 4 is 89.3 Å². The maximum Gasteiger partial charge on any atom is 0.411 e. The van der Waals surface area contributed by atoms with Crippen LogP contribution in [0.1, 0.15) is 22.3 Å². The quantitative estimate of drug-likeness (QED) is 0.0510. The number of hydrogen-bond donors (Lipinski definition) is 6. The van der Waals surface area contributed by atoms with Gasteiger partial charge in [0, 0.05) is 76.8 Å². The molecule has 4 aromatic rings. The topological polar surface area (TPSA) is 218 Å². The van der Waals surface area contributed by atoms with Crippen LogP contribution in [0.5, 0.6) is 0 Å². The van der Waals surface area contributed by atoms with Crippen LogP contribution >= 0.6 is 0 Å². The van der Waals surface area contributed by atoms with Crippen LogP contribution in [0.25, 0.3) is 0 Å². The summed E-state index contributed by atoms with van der Waals surface area (Å²) in [5.74, 6) is 0. The Labute approximate surface area is 368 Å². The molecule has 0 heterocycles. The number of nitrogens with zero attached hydrogens (tertiary/aromatic N) is 2. The molecule has 0 fully saturated rings. The number of carbonyl (C=O) groups excluding carboxylic acids is 6. The number of amides is 6. The van der Waals surface area contributed by atoms with Crippen molar-refractivity contribution in [3.63, 3.8) is 0 Å². The monoisotopic (exact) mass is 898 g/mol. The Bertz CT molecular complexity index is 1850. The summed E-state index contributed by atoms with van der Waals surface area (Å²) in [6.45, 7) is 7.40. The van der Waals surface area contributed by atoms with E-state index in [9.17, 15) is 28.8 Å². The van der Waals surface area contributed by atoms with Crippen LogP contribution in [0.15, 0.2) is 82.8 Å². The smallest absolute Gasteiger partial charge is 0.411 e. The molecule has 0 aromatic heterocycles. The predicted molar refractivity (Wildman–Crippen MR) is 203 cm³/mol. The summed E-state index contributed by atoms with van der Waals surface area (Å²) in [5.41, 5.74) is 8.31. The maximum absolute atomic E-state index is 11.0. The first-order valence-corrected chi connectivity index (χ1v) is 15.3. The van der Waals surface area contributed by atoms with Crippen LogP contribution < -0.4 is 31.9 Å². The molecule has 0 unspecified atom stereocenters. The fourth-order valence-corrected chi connectivity index (χ4v) is 3.99. The van der Waals surface area contributed by atoms with Crippen LogP contribution in [0, 0.1) is 27.7 Å². The number of aryl methyl sites for hydroxylation is 4. The van der Waals surface area contributed by atoms with Gasteiger partial charge in [0.15, 0.2) is 0 Å². The van der Waals surface area contributed by atoms with E-state index >= 15 is 0 Å². The molecule has 4 aromatic carbocycles. The van der Waals surface area contributed by atoms with Gasteiger partial charge in [-0.3, -0.25) is 10.6 Å². The number of anilines is 6. The summed E-state index contributed by atoms with van der Waals surface area (Å²) >= 11 is 0. The molecule has 282 valence electrons. The molecule has 55 heavy (non-hydrogen) atoms. The van der Waals surface area contributed by atoms with Crippen LogP contribution in [0.4, 0.5) is 55.1 Å². The van der Waals surface area contributed by atoms with E-state index in [0.29, 0.717) is 45.5 Å². The average molecular weight is 899 g/mol. The molecule has 0 aliphatic rings. The fourth-order valence-electron chi connectivity index (χ4n) is 3.99. The number of rotatable bonds is 12. The second-order valence-electron chi connectivity index (χ2n) is 10.5. The summed E-state index contributed by atoms with van der Waals surface area (Å²) < 4.78 is 8.92. The molecule has 0 aliphatic heterocycles. The number of nitrogens with one attached hydrogen (secondary N) is 6. The summed E-state index contributed by atoms with van der Waals surface area (Å²) in [6.07, 6.45) is 5.27. The number of carbonyl (C=O) groups is 2. The summed E-state index contributed by atoms with van der Waals surface area (Å²) in [5, 5.41) is 14.8. The average Bonchev–Trinajstić information content (AvgIpc) is 3.14. The van der Waals surface area contributed by atoms with Crippen molar-refractivity contribution in [3.8, 4) is 0 Å². The molecule has 0 saturated carbocycles. The molecule has 6 amide bonds. The van der Waals surface area contributed by atoms with E-state index in [1.54, 1.807) is 86.3 Å². The zero-order valence-corrected chi connectivity index (χ0v) is 36.4. The predicted octanol–water partition coefficient (Wildman–Crippen LogP) is 6.70. The molecule has 4 rings (SSSR count). The molecule has 18 heteroatoms. The molecular weight excluding hydrogens is 862 g/mol. The van der Waals surface area contributed by atoms with E-state index in [2.05, 4.69) is 57.4 Å². The van der Waals surface area contributed by atoms with Gasteiger partial charge in [0.2, 0.25) is 0 Å². The van der Waals surface area contributed by atoms with Crippen molar-refractivity contribution in [2.24, 2.45) is 9.98 Å². The van der Waals surface area contributed by atoms with E-state index < -0.39 is 12.2 Å². The second kappa shape index (κ2) is 27.5. The third-order valence-corrected chi connectivity index (χ3v) is 6.88. The van der Waals surface area contributed by atoms with Gasteiger partial charge in [-0.2, -0.15) is 9.98 Å². The van der Waals surface area contributed by atoms with Gasteiger partial charge in [-0.05, 0) is 37.1 Å². The van der Waals surface area contributed by atoms with Gasteiger partial charge in [-0.15, -0.1) is 46.0 Å². The Kier molecular flexibility index (Phi) is 24.9. The van der Waals surface area contributed by atoms with Gasteiger partial charge >= 0.3 is 12.2 Å². The Hall–Kier alpha value is -5.11. The van der Waals surface area contributed by atoms with E-state index in [0.717, 1.165) is 22.3 Å². The van der Waals surface area contributed by atoms with Crippen molar-refractivity contribution in [2.75, 3.05) is 46.1 Å². The van der Waals surface area contributed by atoms with Crippen LogP contribution in [0.2, 0.25) is 0 Å². The van der Waals surface area contributed by atoms with Crippen molar-refractivity contribution in [1.82, 2.24) is 0 Å². The Morgan fingerprint density at radius 3 is 1.16 bits per heavy atom. The Balaban J connectivity index is 0.000000810. The maximum atomic E-state index is 11.0. The van der Waals surface area contributed by atoms with Crippen molar-refractivity contribution in [1.29, 1.82) is 0 Å². The third kappa shape index (κ3) is 18.2. The normalized spacial score (nSPS) is 8.98. The minimum atomic E-state index is -0.551. The summed E-state index contributed by atoms with van der Waals surface area (Å²) in [4.78, 5) is 71.2. The number of aliphatic imine (C=N–C) groups is 2. The first kappa shape index (κ1) is 49.9. The Morgan fingerprint density at radius 1 is 0.509 bits per heavy atom. The molecule has 2 radical (unpaired) electrons. The zero-order valence-electron chi connectivity index (χ0n) is 30.7. The van der Waals surface area contributed by atoms with Crippen molar-refractivity contribution < 1.29 is 104 Å². The van der Waals surface area contributed by atoms with Gasteiger partial charge < -0.3 is 49.9 Å². The number of benzene rings is 4. The molecule has 0 spiro atoms. The second-order valence-corrected chi connectivity index (χ2v) is 10.5. The van der Waals surface area contributed by atoms with Gasteiger partial charge in [0.05, 0.1) is 51.2 Å². The van der Waals surface area contributed by atoms with Crippen LogP contribution in [-0.2, 0) is 94.1 Å². The zero-order chi connectivity index (χ0) is 39.2. The fraction of sp³-hybridized carbons (Fsp3) is 0.162. The van der Waals surface area contributed by atoms with Gasteiger partial charge in [0.1, 0.15) is 6.01 Å². The summed E-state index contributed by atoms with van der Waals surface area (Å²) in [6, 6.07) is 23.4. The molecule has 0 aliphatic carbocycles. The first-order valence-electron chi connectivity index (χ1n) is 15.3. The molecule has 0 bridgehead atoms. The van der Waals surface area contributed by atoms with Crippen LogP contribution in [0.3, 0.4) is 0 Å². The molecule has 0 atom stereocenters. The minimum Gasteiger partial charge on any atom is -0.490 e. The van der Waals surface area contributed by atoms with Gasteiger partial charge in [-0.25, -0.2) is 9.59 Å². The van der Waals surface area contributed by atoms with E-state index in [1.165, 1.54) is 14.2 Å². The SMILES string of the molecule is COC(=O)Nc1cc(N[C-]=O)ccc1C.COC(=O)Nc1cc(N[C-]=O)ccc1C.Cc1ccc(N=C=Nc2ccc(C)c(N[C-]=O)c2)cc1N[C-]=O.[Y].[Y]. The number of ether oxygens (including phenoxy) is 2. The van der Waals surface area contributed by atoms with Crippen molar-refractivity contribution in [3.05, 3.63) is 95.1 Å². The molecule has 6 N–H and O–H groups in total. The van der Waals surface area contributed by atoms with Gasteiger partial charge in [0.25, 0.3) is 0 Å². The Morgan fingerprint density at radius 2 is 0.836 bits per heavy atom. The largest absolute Gasteiger partial charge is 0.490 e. The van der Waals surface area contributed by atoms with E-state index in [1.807, 2.05) is 39.8 Å². The number of hydrogen-bond acceptors (Lipinski definition) is 10. The first-order chi connectivity index (χ1) is 25.5. The standard InChI is InChI=1S/C17H14N4O2.2C10H11N2O3.2Y/c1-12-3-5-14(7-16(12)20-10-22)18-9-19-15-6-4-13(2)17(8-15)21-11-23;2*1-7-3-4-8(11-6-13)5-9(7)12-10(14)15-2;;/h3-8H,1-2H3,(H,20,22)(H,21,23);2*3-5H,1-2H3,(H,11,13)(H,12,14);;/q-2;2*-1;;. The van der Waals surface area contributed by atoms with Crippen molar-refractivity contribution in [2.45, 2.75) is 27.7 Å².